The van der Waals surface area contributed by atoms with Crippen molar-refractivity contribution in [2.24, 2.45) is 0 Å². The highest BCUT2D eigenvalue weighted by Crippen LogP contribution is 2.30. The third-order valence-corrected chi connectivity index (χ3v) is 3.98. The molecule has 0 saturated carbocycles. The van der Waals surface area contributed by atoms with Crippen LogP contribution in [-0.2, 0) is 6.54 Å². The highest BCUT2D eigenvalue weighted by molar-refractivity contribution is 5.88. The van der Waals surface area contributed by atoms with E-state index < -0.39 is 0 Å². The second-order valence-corrected chi connectivity index (χ2v) is 5.46. The van der Waals surface area contributed by atoms with Crippen LogP contribution in [0.1, 0.15) is 44.4 Å². The summed E-state index contributed by atoms with van der Waals surface area (Å²) in [5.41, 5.74) is 0. The first-order chi connectivity index (χ1) is 10.8. The lowest BCUT2D eigenvalue weighted by Gasteiger charge is -2.28. The zero-order valence-electron chi connectivity index (χ0n) is 12.7. The maximum absolute atomic E-state index is 12.6. The Balaban J connectivity index is 1.75. The molecule has 3 heterocycles. The van der Waals surface area contributed by atoms with E-state index >= 15 is 0 Å². The van der Waals surface area contributed by atoms with Crippen molar-refractivity contribution >= 4 is 11.8 Å². The van der Waals surface area contributed by atoms with E-state index in [4.69, 9.17) is 4.42 Å². The van der Waals surface area contributed by atoms with E-state index in [0.29, 0.717) is 5.82 Å². The van der Waals surface area contributed by atoms with Crippen LogP contribution in [-0.4, -0.2) is 32.5 Å². The van der Waals surface area contributed by atoms with E-state index in [-0.39, 0.29) is 12.1 Å². The summed E-state index contributed by atoms with van der Waals surface area (Å²) < 4.78 is 7.21. The molecule has 1 fully saturated rings. The van der Waals surface area contributed by atoms with Gasteiger partial charge in [0.1, 0.15) is 5.76 Å². The van der Waals surface area contributed by atoms with Gasteiger partial charge in [0.2, 0.25) is 0 Å². The molecule has 1 atom stereocenters. The number of nitrogens with zero attached hydrogens (tertiary/aromatic N) is 4. The third-order valence-electron chi connectivity index (χ3n) is 3.98. The summed E-state index contributed by atoms with van der Waals surface area (Å²) in [7, 11) is 0. The molecule has 22 heavy (non-hydrogen) atoms. The molecule has 1 aliphatic rings. The fourth-order valence-electron chi connectivity index (χ4n) is 2.82. The van der Waals surface area contributed by atoms with Crippen LogP contribution < -0.4 is 5.32 Å². The third kappa shape index (κ3) is 3.13. The lowest BCUT2D eigenvalue weighted by atomic mass is 10.1. The number of aromatic nitrogens is 3. The Morgan fingerprint density at radius 3 is 3.09 bits per heavy atom. The highest BCUT2D eigenvalue weighted by atomic mass is 16.3. The van der Waals surface area contributed by atoms with Crippen molar-refractivity contribution in [1.29, 1.82) is 0 Å². The lowest BCUT2D eigenvalue weighted by Crippen LogP contribution is -2.38. The van der Waals surface area contributed by atoms with Crippen molar-refractivity contribution in [3.05, 3.63) is 30.4 Å². The SMILES string of the molecule is CCn1cc(NC(=O)N2CCCCC[C@@H]2c2ccco2)nn1. The highest BCUT2D eigenvalue weighted by Gasteiger charge is 2.29. The zero-order valence-corrected chi connectivity index (χ0v) is 12.7. The Morgan fingerprint density at radius 1 is 1.45 bits per heavy atom. The van der Waals surface area contributed by atoms with E-state index in [1.807, 2.05) is 24.0 Å². The summed E-state index contributed by atoms with van der Waals surface area (Å²) in [6.45, 7) is 3.42. The van der Waals surface area contributed by atoms with Gasteiger partial charge in [0.25, 0.3) is 0 Å². The molecule has 1 N–H and O–H groups in total. The normalized spacial score (nSPS) is 19.0. The number of urea groups is 1. The summed E-state index contributed by atoms with van der Waals surface area (Å²) in [6.07, 6.45) is 7.55. The van der Waals surface area contributed by atoms with Gasteiger partial charge in [0, 0.05) is 13.1 Å². The number of nitrogens with one attached hydrogen (secondary N) is 1. The van der Waals surface area contributed by atoms with Crippen LogP contribution in [0, 0.1) is 0 Å². The minimum atomic E-state index is -0.147. The number of amides is 2. The summed E-state index contributed by atoms with van der Waals surface area (Å²) in [4.78, 5) is 14.5. The van der Waals surface area contributed by atoms with E-state index in [2.05, 4.69) is 15.6 Å². The predicted octanol–water partition coefficient (Wildman–Crippen LogP) is 3.04. The van der Waals surface area contributed by atoms with Crippen LogP contribution in [0.15, 0.2) is 29.0 Å². The molecule has 0 aromatic carbocycles. The van der Waals surface area contributed by atoms with Crippen LogP contribution in [0.5, 0.6) is 0 Å². The quantitative estimate of drug-likeness (QED) is 0.945. The van der Waals surface area contributed by atoms with Gasteiger partial charge in [-0.1, -0.05) is 18.1 Å². The van der Waals surface area contributed by atoms with E-state index in [1.54, 1.807) is 17.1 Å². The Hall–Kier alpha value is -2.31. The number of aryl methyl sites for hydroxylation is 1. The number of likely N-dealkylation sites (tertiary alicyclic amines) is 1. The van der Waals surface area contributed by atoms with Gasteiger partial charge in [-0.15, -0.1) is 5.10 Å². The molecule has 118 valence electrons. The zero-order chi connectivity index (χ0) is 15.4. The molecule has 2 amide bonds. The van der Waals surface area contributed by atoms with Gasteiger partial charge in [0.15, 0.2) is 5.82 Å². The average molecular weight is 303 g/mol. The molecule has 3 rings (SSSR count). The molecule has 0 radical (unpaired) electrons. The van der Waals surface area contributed by atoms with Crippen LogP contribution in [0.25, 0.3) is 0 Å². The maximum Gasteiger partial charge on any atom is 0.323 e. The fourth-order valence-corrected chi connectivity index (χ4v) is 2.82. The van der Waals surface area contributed by atoms with E-state index in [0.717, 1.165) is 44.5 Å². The number of rotatable bonds is 3. The van der Waals surface area contributed by atoms with Crippen molar-refractivity contribution in [2.75, 3.05) is 11.9 Å². The van der Waals surface area contributed by atoms with Gasteiger partial charge < -0.3 is 9.32 Å². The Morgan fingerprint density at radius 2 is 2.36 bits per heavy atom. The Kier molecular flexibility index (Phi) is 4.41. The maximum atomic E-state index is 12.6. The summed E-state index contributed by atoms with van der Waals surface area (Å²) >= 11 is 0. The van der Waals surface area contributed by atoms with Crippen molar-refractivity contribution in [3.8, 4) is 0 Å². The minimum absolute atomic E-state index is 0.0151. The van der Waals surface area contributed by atoms with Crippen LogP contribution >= 0.6 is 0 Å². The van der Waals surface area contributed by atoms with Crippen molar-refractivity contribution in [2.45, 2.75) is 45.2 Å². The number of carbonyl (C=O) groups is 1. The summed E-state index contributed by atoms with van der Waals surface area (Å²) in [5.74, 6) is 1.32. The van der Waals surface area contributed by atoms with Gasteiger partial charge >= 0.3 is 6.03 Å². The number of hydrogen-bond acceptors (Lipinski definition) is 4. The van der Waals surface area contributed by atoms with E-state index in [9.17, 15) is 4.79 Å². The topological polar surface area (TPSA) is 76.2 Å². The number of carbonyl (C=O) groups excluding carboxylic acids is 1. The molecule has 2 aromatic heterocycles. The molecule has 0 aliphatic carbocycles. The van der Waals surface area contributed by atoms with Crippen LogP contribution in [0.4, 0.5) is 10.6 Å². The number of anilines is 1. The first-order valence-electron chi connectivity index (χ1n) is 7.79. The van der Waals surface area contributed by atoms with Crippen LogP contribution in [0.2, 0.25) is 0 Å². The standard InChI is InChI=1S/C15H21N5O2/c1-2-19-11-14(17-18-19)16-15(21)20-9-5-3-4-7-12(20)13-8-6-10-22-13/h6,8,10-12H,2-5,7,9H2,1H3,(H,16,21)/t12-/m1/s1. The van der Waals surface area contributed by atoms with E-state index in [1.165, 1.54) is 0 Å². The second kappa shape index (κ2) is 6.64. The van der Waals surface area contributed by atoms with Gasteiger partial charge in [-0.25, -0.2) is 4.79 Å². The fraction of sp³-hybridized carbons (Fsp3) is 0.533. The van der Waals surface area contributed by atoms with Crippen LogP contribution in [0.3, 0.4) is 0 Å². The van der Waals surface area contributed by atoms with Gasteiger partial charge in [-0.3, -0.25) is 10.00 Å². The summed E-state index contributed by atoms with van der Waals surface area (Å²) in [6, 6.07) is 3.64. The van der Waals surface area contributed by atoms with Gasteiger partial charge in [0.05, 0.1) is 18.5 Å². The minimum Gasteiger partial charge on any atom is -0.467 e. The molecule has 7 nitrogen and oxygen atoms in total. The number of furan rings is 1. The molecule has 7 heteroatoms. The van der Waals surface area contributed by atoms with Gasteiger partial charge in [-0.05, 0) is 31.9 Å². The Labute approximate surface area is 129 Å². The number of hydrogen-bond donors (Lipinski definition) is 1. The van der Waals surface area contributed by atoms with Crippen molar-refractivity contribution in [1.82, 2.24) is 19.9 Å². The van der Waals surface area contributed by atoms with Gasteiger partial charge in [-0.2, -0.15) is 0 Å². The van der Waals surface area contributed by atoms with Crippen molar-refractivity contribution in [3.63, 3.8) is 0 Å². The molecule has 2 aromatic rings. The molecule has 1 aliphatic heterocycles. The molecule has 0 spiro atoms. The summed E-state index contributed by atoms with van der Waals surface area (Å²) in [5, 5.41) is 10.7. The molecule has 0 unspecified atom stereocenters. The molecular formula is C15H21N5O2. The monoisotopic (exact) mass is 303 g/mol. The molecular weight excluding hydrogens is 282 g/mol. The second-order valence-electron chi connectivity index (χ2n) is 5.46. The van der Waals surface area contributed by atoms with Crippen molar-refractivity contribution < 1.29 is 9.21 Å². The first-order valence-corrected chi connectivity index (χ1v) is 7.79. The lowest BCUT2D eigenvalue weighted by molar-refractivity contribution is 0.179. The predicted molar refractivity (Wildman–Crippen MR) is 81.3 cm³/mol. The first kappa shape index (κ1) is 14.6. The molecule has 1 saturated heterocycles. The average Bonchev–Trinajstić information content (AvgIpc) is 3.14. The Bertz CT molecular complexity index is 607. The largest absolute Gasteiger partial charge is 0.467 e. The molecule has 0 bridgehead atoms. The smallest absolute Gasteiger partial charge is 0.323 e.